The fraction of sp³-hybridized carbons (Fsp3) is 0.375. The predicted octanol–water partition coefficient (Wildman–Crippen LogP) is 2.91. The lowest BCUT2D eigenvalue weighted by Crippen LogP contribution is -2.37. The van der Waals surface area contributed by atoms with Crippen molar-refractivity contribution in [2.75, 3.05) is 0 Å². The van der Waals surface area contributed by atoms with E-state index in [9.17, 15) is 9.90 Å². The normalized spacial score (nSPS) is 19.1. The van der Waals surface area contributed by atoms with Gasteiger partial charge in [0.25, 0.3) is 5.91 Å². The van der Waals surface area contributed by atoms with Crippen LogP contribution in [0.1, 0.15) is 25.8 Å². The second kappa shape index (κ2) is 6.37. The van der Waals surface area contributed by atoms with Crippen LogP contribution in [-0.2, 0) is 11.3 Å². The third-order valence-corrected chi connectivity index (χ3v) is 3.21. The van der Waals surface area contributed by atoms with E-state index in [1.165, 1.54) is 6.21 Å². The van der Waals surface area contributed by atoms with Crippen molar-refractivity contribution in [2.45, 2.75) is 32.9 Å². The molecule has 1 amide bonds. The zero-order valence-corrected chi connectivity index (χ0v) is 11.9. The summed E-state index contributed by atoms with van der Waals surface area (Å²) in [7, 11) is 0. The fourth-order valence-electron chi connectivity index (χ4n) is 2.28. The number of nitrogens with zero attached hydrogens (tertiary/aromatic N) is 2. The summed E-state index contributed by atoms with van der Waals surface area (Å²) in [5.74, 6) is 0.196. The molecule has 1 N–H and O–H groups in total. The summed E-state index contributed by atoms with van der Waals surface area (Å²) < 4.78 is 0. The number of carbonyl (C=O) groups excluding carboxylic acids is 1. The highest BCUT2D eigenvalue weighted by Gasteiger charge is 2.26. The van der Waals surface area contributed by atoms with Gasteiger partial charge in [0.15, 0.2) is 0 Å². The first-order valence-electron chi connectivity index (χ1n) is 6.84. The lowest BCUT2D eigenvalue weighted by atomic mass is 10.0. The van der Waals surface area contributed by atoms with Crippen molar-refractivity contribution in [1.29, 1.82) is 0 Å². The number of aliphatic hydroxyl groups excluding tert-OH is 1. The van der Waals surface area contributed by atoms with E-state index < -0.39 is 0 Å². The van der Waals surface area contributed by atoms with Crippen molar-refractivity contribution in [3.63, 3.8) is 0 Å². The molecule has 0 unspecified atom stereocenters. The Morgan fingerprint density at radius 3 is 2.65 bits per heavy atom. The van der Waals surface area contributed by atoms with Gasteiger partial charge in [-0.2, -0.15) is 0 Å². The number of hydrogen-bond donors (Lipinski definition) is 1. The van der Waals surface area contributed by atoms with Crippen LogP contribution >= 0.6 is 0 Å². The molecule has 0 bridgehead atoms. The van der Waals surface area contributed by atoms with Crippen molar-refractivity contribution in [2.24, 2.45) is 10.9 Å². The Hall–Kier alpha value is -2.10. The lowest BCUT2D eigenvalue weighted by Gasteiger charge is -2.28. The van der Waals surface area contributed by atoms with Crippen LogP contribution in [0.15, 0.2) is 47.3 Å². The van der Waals surface area contributed by atoms with Gasteiger partial charge in [-0.1, -0.05) is 44.2 Å². The molecule has 0 aliphatic carbocycles. The van der Waals surface area contributed by atoms with Gasteiger partial charge in [0.05, 0.1) is 6.21 Å². The summed E-state index contributed by atoms with van der Waals surface area (Å²) in [6.45, 7) is 4.73. The monoisotopic (exact) mass is 272 g/mol. The summed E-state index contributed by atoms with van der Waals surface area (Å²) in [6.07, 6.45) is 3.54. The van der Waals surface area contributed by atoms with Crippen LogP contribution in [-0.4, -0.2) is 28.2 Å². The number of carbonyl (C=O) groups is 1. The lowest BCUT2D eigenvalue weighted by molar-refractivity contribution is -0.122. The molecule has 4 nitrogen and oxygen atoms in total. The summed E-state index contributed by atoms with van der Waals surface area (Å²) in [6, 6.07) is 9.58. The maximum Gasteiger partial charge on any atom is 0.268 e. The van der Waals surface area contributed by atoms with Gasteiger partial charge >= 0.3 is 0 Å². The van der Waals surface area contributed by atoms with Crippen molar-refractivity contribution in [1.82, 2.24) is 4.90 Å². The van der Waals surface area contributed by atoms with E-state index in [-0.39, 0.29) is 17.7 Å². The molecule has 1 atom stereocenters. The first-order chi connectivity index (χ1) is 9.56. The Labute approximate surface area is 119 Å². The minimum Gasteiger partial charge on any atom is -0.505 e. The highest BCUT2D eigenvalue weighted by molar-refractivity contribution is 5.94. The molecule has 1 aliphatic rings. The Kier molecular flexibility index (Phi) is 4.56. The summed E-state index contributed by atoms with van der Waals surface area (Å²) in [4.78, 5) is 17.8. The molecule has 1 heterocycles. The molecular weight excluding hydrogens is 252 g/mol. The maximum atomic E-state index is 12.1. The van der Waals surface area contributed by atoms with E-state index in [2.05, 4.69) is 18.8 Å². The van der Waals surface area contributed by atoms with Crippen LogP contribution in [0.5, 0.6) is 0 Å². The Morgan fingerprint density at radius 1 is 1.30 bits per heavy atom. The molecule has 0 saturated heterocycles. The SMILES string of the molecule is CC(C)C[C@@H]1C(=O)N=CC(O)=CN1Cc1ccccc1. The van der Waals surface area contributed by atoms with E-state index in [4.69, 9.17) is 0 Å². The standard InChI is InChI=1S/C16H20N2O2/c1-12(2)8-15-16(20)17-9-14(19)11-18(15)10-13-6-4-3-5-7-13/h3-7,9,11-12,15,19H,8,10H2,1-2H3/t15-/m1/s1. The molecule has 4 heteroatoms. The Morgan fingerprint density at radius 2 is 2.00 bits per heavy atom. The Bertz CT molecular complexity index is 521. The number of hydrogen-bond acceptors (Lipinski definition) is 3. The van der Waals surface area contributed by atoms with E-state index in [1.807, 2.05) is 35.2 Å². The van der Waals surface area contributed by atoms with Gasteiger partial charge in [0, 0.05) is 12.7 Å². The molecule has 2 rings (SSSR count). The molecular formula is C16H20N2O2. The van der Waals surface area contributed by atoms with Crippen LogP contribution < -0.4 is 0 Å². The summed E-state index contributed by atoms with van der Waals surface area (Å²) in [5.41, 5.74) is 1.10. The second-order valence-electron chi connectivity index (χ2n) is 5.45. The van der Waals surface area contributed by atoms with E-state index in [0.29, 0.717) is 18.9 Å². The molecule has 20 heavy (non-hydrogen) atoms. The van der Waals surface area contributed by atoms with E-state index >= 15 is 0 Å². The van der Waals surface area contributed by atoms with Crippen molar-refractivity contribution in [3.8, 4) is 0 Å². The second-order valence-corrected chi connectivity index (χ2v) is 5.45. The van der Waals surface area contributed by atoms with Crippen LogP contribution in [0.2, 0.25) is 0 Å². The summed E-state index contributed by atoms with van der Waals surface area (Å²) >= 11 is 0. The van der Waals surface area contributed by atoms with Gasteiger partial charge in [0.2, 0.25) is 0 Å². The largest absolute Gasteiger partial charge is 0.505 e. The first-order valence-corrected chi connectivity index (χ1v) is 6.84. The number of rotatable bonds is 4. The average molecular weight is 272 g/mol. The average Bonchev–Trinajstić information content (AvgIpc) is 2.53. The van der Waals surface area contributed by atoms with Crippen LogP contribution in [0.25, 0.3) is 0 Å². The maximum absolute atomic E-state index is 12.1. The molecule has 0 saturated carbocycles. The van der Waals surface area contributed by atoms with Gasteiger partial charge in [-0.15, -0.1) is 0 Å². The fourth-order valence-corrected chi connectivity index (χ4v) is 2.28. The quantitative estimate of drug-likeness (QED) is 0.917. The van der Waals surface area contributed by atoms with Crippen molar-refractivity contribution >= 4 is 12.1 Å². The number of benzene rings is 1. The molecule has 0 radical (unpaired) electrons. The van der Waals surface area contributed by atoms with Gasteiger partial charge in [-0.3, -0.25) is 4.79 Å². The third kappa shape index (κ3) is 3.70. The minimum atomic E-state index is -0.323. The van der Waals surface area contributed by atoms with Crippen molar-refractivity contribution < 1.29 is 9.90 Å². The highest BCUT2D eigenvalue weighted by Crippen LogP contribution is 2.19. The van der Waals surface area contributed by atoms with Crippen molar-refractivity contribution in [3.05, 3.63) is 47.9 Å². The van der Waals surface area contributed by atoms with E-state index in [1.54, 1.807) is 6.20 Å². The van der Waals surface area contributed by atoms with Crippen LogP contribution in [0.3, 0.4) is 0 Å². The number of amides is 1. The minimum absolute atomic E-state index is 0.0144. The van der Waals surface area contributed by atoms with Crippen LogP contribution in [0.4, 0.5) is 0 Å². The molecule has 0 fully saturated rings. The molecule has 1 aliphatic heterocycles. The molecule has 1 aromatic carbocycles. The molecule has 0 spiro atoms. The summed E-state index contributed by atoms with van der Waals surface area (Å²) in [5, 5.41) is 9.73. The zero-order chi connectivity index (χ0) is 14.5. The first kappa shape index (κ1) is 14.3. The third-order valence-electron chi connectivity index (χ3n) is 3.21. The number of aliphatic imine (C=N–C) groups is 1. The predicted molar refractivity (Wildman–Crippen MR) is 79.4 cm³/mol. The van der Waals surface area contributed by atoms with Gasteiger partial charge in [-0.25, -0.2) is 4.99 Å². The van der Waals surface area contributed by atoms with Crippen LogP contribution in [0, 0.1) is 5.92 Å². The van der Waals surface area contributed by atoms with Gasteiger partial charge in [-0.05, 0) is 17.9 Å². The number of allylic oxidation sites excluding steroid dienone is 1. The smallest absolute Gasteiger partial charge is 0.268 e. The topological polar surface area (TPSA) is 52.9 Å². The van der Waals surface area contributed by atoms with Gasteiger partial charge in [0.1, 0.15) is 11.8 Å². The van der Waals surface area contributed by atoms with Gasteiger partial charge < -0.3 is 10.0 Å². The highest BCUT2D eigenvalue weighted by atomic mass is 16.3. The molecule has 106 valence electrons. The Balaban J connectivity index is 2.24. The molecule has 0 aromatic heterocycles. The zero-order valence-electron chi connectivity index (χ0n) is 11.9. The molecule has 1 aromatic rings. The van der Waals surface area contributed by atoms with E-state index in [0.717, 1.165) is 5.56 Å². The number of aliphatic hydroxyl groups is 1.